The number of benzene rings is 1. The van der Waals surface area contributed by atoms with E-state index in [0.29, 0.717) is 11.4 Å². The van der Waals surface area contributed by atoms with Crippen molar-refractivity contribution in [2.24, 2.45) is 0 Å². The van der Waals surface area contributed by atoms with E-state index >= 15 is 0 Å². The Morgan fingerprint density at radius 2 is 2.05 bits per heavy atom. The number of nitrogens with zero attached hydrogens (tertiary/aromatic N) is 2. The smallest absolute Gasteiger partial charge is 0.263 e. The normalized spacial score (nSPS) is 13.1. The van der Waals surface area contributed by atoms with Gasteiger partial charge < -0.3 is 4.74 Å². The molecule has 0 aliphatic rings. The van der Waals surface area contributed by atoms with Gasteiger partial charge in [0, 0.05) is 18.6 Å². The summed E-state index contributed by atoms with van der Waals surface area (Å²) >= 11 is 0.992. The van der Waals surface area contributed by atoms with E-state index in [9.17, 15) is 8.42 Å². The number of anilines is 1. The van der Waals surface area contributed by atoms with Gasteiger partial charge in [-0.05, 0) is 32.4 Å². The third-order valence-electron chi connectivity index (χ3n) is 3.00. The van der Waals surface area contributed by atoms with Crippen molar-refractivity contribution in [2.45, 2.75) is 31.8 Å². The van der Waals surface area contributed by atoms with Crippen molar-refractivity contribution < 1.29 is 13.2 Å². The average molecular weight is 327 g/mol. The van der Waals surface area contributed by atoms with E-state index in [1.54, 1.807) is 33.1 Å². The summed E-state index contributed by atoms with van der Waals surface area (Å²) in [6.07, 6.45) is -0.277. The van der Waals surface area contributed by atoms with E-state index in [2.05, 4.69) is 14.1 Å². The molecule has 1 aromatic carbocycles. The zero-order valence-corrected chi connectivity index (χ0v) is 13.9. The number of aryl methyl sites for hydroxylation is 2. The van der Waals surface area contributed by atoms with Crippen LogP contribution >= 0.6 is 11.5 Å². The Kier molecular flexibility index (Phi) is 4.60. The van der Waals surface area contributed by atoms with Gasteiger partial charge in [0.2, 0.25) is 5.13 Å². The van der Waals surface area contributed by atoms with E-state index in [0.717, 1.165) is 17.1 Å². The molecule has 0 aliphatic heterocycles. The van der Waals surface area contributed by atoms with Gasteiger partial charge >= 0.3 is 0 Å². The summed E-state index contributed by atoms with van der Waals surface area (Å²) in [5, 5.41) is 0.230. The van der Waals surface area contributed by atoms with Crippen molar-refractivity contribution in [3.05, 3.63) is 35.2 Å². The summed E-state index contributed by atoms with van der Waals surface area (Å²) in [6, 6.07) is 5.18. The quantitative estimate of drug-likeness (QED) is 0.913. The van der Waals surface area contributed by atoms with Crippen LogP contribution < -0.4 is 4.72 Å². The Bertz CT molecular complexity index is 741. The second-order valence-electron chi connectivity index (χ2n) is 4.71. The van der Waals surface area contributed by atoms with Crippen LogP contribution in [0.4, 0.5) is 5.13 Å². The van der Waals surface area contributed by atoms with E-state index < -0.39 is 10.0 Å². The number of nitrogens with one attached hydrogen (secondary N) is 1. The molecule has 1 heterocycles. The highest BCUT2D eigenvalue weighted by Gasteiger charge is 2.20. The van der Waals surface area contributed by atoms with Gasteiger partial charge in [-0.3, -0.25) is 4.72 Å². The van der Waals surface area contributed by atoms with Crippen LogP contribution in [-0.4, -0.2) is 24.9 Å². The minimum absolute atomic E-state index is 0.230. The van der Waals surface area contributed by atoms with Crippen LogP contribution in [0.3, 0.4) is 0 Å². The lowest BCUT2D eigenvalue weighted by Gasteiger charge is -2.08. The molecule has 0 spiro atoms. The molecule has 2 rings (SSSR count). The zero-order valence-electron chi connectivity index (χ0n) is 12.2. The first kappa shape index (κ1) is 15.9. The maximum atomic E-state index is 12.4. The molecule has 0 aliphatic carbocycles. The second kappa shape index (κ2) is 6.08. The van der Waals surface area contributed by atoms with Crippen molar-refractivity contribution in [3.63, 3.8) is 0 Å². The average Bonchev–Trinajstić information content (AvgIpc) is 2.85. The fourth-order valence-corrected chi connectivity index (χ4v) is 3.91. The monoisotopic (exact) mass is 327 g/mol. The van der Waals surface area contributed by atoms with Crippen molar-refractivity contribution in [2.75, 3.05) is 11.8 Å². The van der Waals surface area contributed by atoms with Crippen molar-refractivity contribution in [1.82, 2.24) is 9.36 Å². The topological polar surface area (TPSA) is 81.2 Å². The number of hydrogen-bond donors (Lipinski definition) is 1. The Morgan fingerprint density at radius 1 is 1.33 bits per heavy atom. The molecule has 114 valence electrons. The molecule has 0 fully saturated rings. The third kappa shape index (κ3) is 3.58. The molecule has 8 heteroatoms. The highest BCUT2D eigenvalue weighted by Crippen LogP contribution is 2.23. The summed E-state index contributed by atoms with van der Waals surface area (Å²) in [5.41, 5.74) is 1.70. The maximum absolute atomic E-state index is 12.4. The van der Waals surface area contributed by atoms with Gasteiger partial charge in [0.05, 0.1) is 4.90 Å². The van der Waals surface area contributed by atoms with Gasteiger partial charge in [0.1, 0.15) is 6.10 Å². The lowest BCUT2D eigenvalue weighted by molar-refractivity contribution is 0.113. The molecule has 0 saturated carbocycles. The van der Waals surface area contributed by atoms with Gasteiger partial charge in [0.25, 0.3) is 10.0 Å². The molecule has 1 atom stereocenters. The molecule has 0 amide bonds. The number of ether oxygens (including phenoxy) is 1. The van der Waals surface area contributed by atoms with Crippen LogP contribution in [0.1, 0.15) is 30.0 Å². The number of methoxy groups -OCH3 is 1. The predicted molar refractivity (Wildman–Crippen MR) is 82.1 cm³/mol. The van der Waals surface area contributed by atoms with Gasteiger partial charge in [-0.25, -0.2) is 8.42 Å². The summed E-state index contributed by atoms with van der Waals surface area (Å²) in [6.45, 7) is 5.48. The van der Waals surface area contributed by atoms with Crippen molar-refractivity contribution in [1.29, 1.82) is 0 Å². The summed E-state index contributed by atoms with van der Waals surface area (Å²) in [4.78, 5) is 4.37. The molecule has 1 aromatic heterocycles. The summed E-state index contributed by atoms with van der Waals surface area (Å²) < 4.78 is 36.4. The maximum Gasteiger partial charge on any atom is 0.263 e. The van der Waals surface area contributed by atoms with Gasteiger partial charge in [-0.2, -0.15) is 9.36 Å². The SMILES string of the molecule is COC(C)c1nsc(NS(=O)(=O)c2ccc(C)cc2C)n1. The van der Waals surface area contributed by atoms with Crippen LogP contribution in [-0.2, 0) is 14.8 Å². The molecule has 0 radical (unpaired) electrons. The molecular weight excluding hydrogens is 310 g/mol. The Labute approximate surface area is 128 Å². The number of rotatable bonds is 5. The molecular formula is C13H17N3O3S2. The number of hydrogen-bond acceptors (Lipinski definition) is 6. The lowest BCUT2D eigenvalue weighted by atomic mass is 10.2. The Balaban J connectivity index is 2.27. The first-order valence-electron chi connectivity index (χ1n) is 6.30. The number of aromatic nitrogens is 2. The van der Waals surface area contributed by atoms with Crippen LogP contribution in [0.15, 0.2) is 23.1 Å². The minimum atomic E-state index is -3.66. The summed E-state index contributed by atoms with van der Waals surface area (Å²) in [5.74, 6) is 0.459. The molecule has 6 nitrogen and oxygen atoms in total. The molecule has 1 unspecified atom stereocenters. The van der Waals surface area contributed by atoms with Gasteiger partial charge in [-0.1, -0.05) is 17.7 Å². The van der Waals surface area contributed by atoms with Crippen LogP contribution in [0, 0.1) is 13.8 Å². The van der Waals surface area contributed by atoms with Crippen LogP contribution in [0.2, 0.25) is 0 Å². The van der Waals surface area contributed by atoms with Crippen molar-refractivity contribution >= 4 is 26.7 Å². The van der Waals surface area contributed by atoms with E-state index in [1.165, 1.54) is 0 Å². The third-order valence-corrected chi connectivity index (χ3v) is 5.27. The molecule has 0 bridgehead atoms. The minimum Gasteiger partial charge on any atom is -0.374 e. The second-order valence-corrected chi connectivity index (χ2v) is 7.11. The zero-order chi connectivity index (χ0) is 15.6. The summed E-state index contributed by atoms with van der Waals surface area (Å²) in [7, 11) is -2.12. The first-order valence-corrected chi connectivity index (χ1v) is 8.55. The fourth-order valence-electron chi connectivity index (χ4n) is 1.82. The highest BCUT2D eigenvalue weighted by molar-refractivity contribution is 7.93. The van der Waals surface area contributed by atoms with Gasteiger partial charge in [-0.15, -0.1) is 0 Å². The standard InChI is InChI=1S/C13H17N3O3S2/c1-8-5-6-11(9(2)7-8)21(17,18)16-13-14-12(15-20-13)10(3)19-4/h5-7,10H,1-4H3,(H,14,15,16). The van der Waals surface area contributed by atoms with Crippen molar-refractivity contribution in [3.8, 4) is 0 Å². The molecule has 21 heavy (non-hydrogen) atoms. The fraction of sp³-hybridized carbons (Fsp3) is 0.385. The largest absolute Gasteiger partial charge is 0.374 e. The van der Waals surface area contributed by atoms with E-state index in [4.69, 9.17) is 4.74 Å². The predicted octanol–water partition coefficient (Wildman–Crippen LogP) is 2.66. The highest BCUT2D eigenvalue weighted by atomic mass is 32.2. The van der Waals surface area contributed by atoms with E-state index in [-0.39, 0.29) is 16.1 Å². The Morgan fingerprint density at radius 3 is 2.67 bits per heavy atom. The van der Waals surface area contributed by atoms with Crippen LogP contribution in [0.25, 0.3) is 0 Å². The molecule has 0 saturated heterocycles. The van der Waals surface area contributed by atoms with Gasteiger partial charge in [0.15, 0.2) is 5.82 Å². The lowest BCUT2D eigenvalue weighted by Crippen LogP contribution is -2.14. The number of sulfonamides is 1. The first-order chi connectivity index (χ1) is 9.83. The Hall–Kier alpha value is -1.51. The molecule has 2 aromatic rings. The van der Waals surface area contributed by atoms with Crippen LogP contribution in [0.5, 0.6) is 0 Å². The van der Waals surface area contributed by atoms with E-state index in [1.807, 2.05) is 13.0 Å². The molecule has 1 N–H and O–H groups in total.